The molecule has 0 aliphatic rings. The third-order valence-electron chi connectivity index (χ3n) is 2.19. The Hall–Kier alpha value is -1.59. The fourth-order valence-electron chi connectivity index (χ4n) is 1.35. The summed E-state index contributed by atoms with van der Waals surface area (Å²) in [6.45, 7) is 3.67. The number of hydrogen-bond acceptors (Lipinski definition) is 4. The van der Waals surface area contributed by atoms with Gasteiger partial charge in [0.05, 0.1) is 19.8 Å². The van der Waals surface area contributed by atoms with Gasteiger partial charge in [0.15, 0.2) is 0 Å². The highest BCUT2D eigenvalue weighted by molar-refractivity contribution is 5.94. The van der Waals surface area contributed by atoms with Crippen LogP contribution < -0.4 is 10.1 Å². The van der Waals surface area contributed by atoms with Crippen LogP contribution in [0, 0.1) is 0 Å². The van der Waals surface area contributed by atoms with Crippen molar-refractivity contribution in [3.05, 3.63) is 29.8 Å². The Morgan fingerprint density at radius 3 is 2.56 bits per heavy atom. The number of rotatable bonds is 8. The van der Waals surface area contributed by atoms with Crippen LogP contribution in [0.3, 0.4) is 0 Å². The molecule has 1 aromatic rings. The minimum absolute atomic E-state index is 0.0151. The van der Waals surface area contributed by atoms with Crippen LogP contribution in [0.15, 0.2) is 24.3 Å². The molecule has 0 spiro atoms. The van der Waals surface area contributed by atoms with Crippen LogP contribution in [0.4, 0.5) is 0 Å². The summed E-state index contributed by atoms with van der Waals surface area (Å²) in [5.41, 5.74) is 0.612. The van der Waals surface area contributed by atoms with Crippen LogP contribution in [-0.4, -0.2) is 44.0 Å². The van der Waals surface area contributed by atoms with E-state index in [1.807, 2.05) is 6.92 Å². The maximum Gasteiger partial charge on any atom is 0.251 e. The highest BCUT2D eigenvalue weighted by Crippen LogP contribution is 2.11. The molecule has 1 aromatic carbocycles. The van der Waals surface area contributed by atoms with Gasteiger partial charge in [-0.25, -0.2) is 0 Å². The molecule has 0 aliphatic carbocycles. The first-order valence-corrected chi connectivity index (χ1v) is 5.97. The highest BCUT2D eigenvalue weighted by Gasteiger charge is 2.03. The molecular weight excluding hydrogens is 234 g/mol. The van der Waals surface area contributed by atoms with Gasteiger partial charge in [0.2, 0.25) is 0 Å². The second-order valence-electron chi connectivity index (χ2n) is 3.57. The van der Waals surface area contributed by atoms with Gasteiger partial charge >= 0.3 is 0 Å². The summed E-state index contributed by atoms with van der Waals surface area (Å²) in [7, 11) is 0. The SMILES string of the molecule is CCNC(=O)c1ccc(OCCOCCO)cc1. The van der Waals surface area contributed by atoms with E-state index in [1.54, 1.807) is 24.3 Å². The highest BCUT2D eigenvalue weighted by atomic mass is 16.5. The van der Waals surface area contributed by atoms with Crippen molar-refractivity contribution >= 4 is 5.91 Å². The number of carbonyl (C=O) groups is 1. The summed E-state index contributed by atoms with van der Waals surface area (Å²) in [5.74, 6) is 0.603. The Labute approximate surface area is 107 Å². The molecule has 0 fully saturated rings. The number of amides is 1. The molecule has 0 aromatic heterocycles. The number of benzene rings is 1. The number of ether oxygens (including phenoxy) is 2. The fraction of sp³-hybridized carbons (Fsp3) is 0.462. The standard InChI is InChI=1S/C13H19NO4/c1-2-14-13(16)11-3-5-12(6-4-11)18-10-9-17-8-7-15/h3-6,15H,2,7-10H2,1H3,(H,14,16). The van der Waals surface area contributed by atoms with Gasteiger partial charge in [0, 0.05) is 12.1 Å². The van der Waals surface area contributed by atoms with Crippen molar-refractivity contribution in [3.8, 4) is 5.75 Å². The summed E-state index contributed by atoms with van der Waals surface area (Å²) in [6, 6.07) is 6.93. The first-order valence-electron chi connectivity index (χ1n) is 5.97. The topological polar surface area (TPSA) is 67.8 Å². The summed E-state index contributed by atoms with van der Waals surface area (Å²) in [4.78, 5) is 11.5. The minimum atomic E-state index is -0.0877. The molecule has 5 nitrogen and oxygen atoms in total. The molecule has 0 radical (unpaired) electrons. The number of aliphatic hydroxyl groups excluding tert-OH is 1. The van der Waals surface area contributed by atoms with Gasteiger partial charge < -0.3 is 19.9 Å². The monoisotopic (exact) mass is 253 g/mol. The van der Waals surface area contributed by atoms with Gasteiger partial charge in [0.1, 0.15) is 12.4 Å². The molecule has 0 aliphatic heterocycles. The van der Waals surface area contributed by atoms with E-state index in [1.165, 1.54) is 0 Å². The molecule has 5 heteroatoms. The zero-order valence-electron chi connectivity index (χ0n) is 10.5. The van der Waals surface area contributed by atoms with Gasteiger partial charge in [-0.3, -0.25) is 4.79 Å². The molecule has 0 saturated heterocycles. The zero-order valence-corrected chi connectivity index (χ0v) is 10.5. The quantitative estimate of drug-likeness (QED) is 0.673. The van der Waals surface area contributed by atoms with E-state index < -0.39 is 0 Å². The molecule has 1 amide bonds. The van der Waals surface area contributed by atoms with Gasteiger partial charge in [-0.1, -0.05) is 0 Å². The molecule has 1 rings (SSSR count). The Balaban J connectivity index is 2.33. The van der Waals surface area contributed by atoms with E-state index in [2.05, 4.69) is 5.32 Å². The van der Waals surface area contributed by atoms with Gasteiger partial charge in [-0.2, -0.15) is 0 Å². The Morgan fingerprint density at radius 1 is 1.22 bits per heavy atom. The minimum Gasteiger partial charge on any atom is -0.491 e. The number of aliphatic hydroxyl groups is 1. The van der Waals surface area contributed by atoms with Gasteiger partial charge in [0.25, 0.3) is 5.91 Å². The smallest absolute Gasteiger partial charge is 0.251 e. The zero-order chi connectivity index (χ0) is 13.2. The summed E-state index contributed by atoms with van der Waals surface area (Å²) in [5, 5.41) is 11.2. The molecule has 100 valence electrons. The molecule has 0 heterocycles. The van der Waals surface area contributed by atoms with Crippen molar-refractivity contribution in [2.75, 3.05) is 33.0 Å². The predicted molar refractivity (Wildman–Crippen MR) is 67.8 cm³/mol. The van der Waals surface area contributed by atoms with Crippen molar-refractivity contribution in [1.82, 2.24) is 5.32 Å². The second-order valence-corrected chi connectivity index (χ2v) is 3.57. The van der Waals surface area contributed by atoms with Crippen molar-refractivity contribution < 1.29 is 19.4 Å². The van der Waals surface area contributed by atoms with Crippen LogP contribution in [0.25, 0.3) is 0 Å². The van der Waals surface area contributed by atoms with Crippen LogP contribution in [0.2, 0.25) is 0 Å². The lowest BCUT2D eigenvalue weighted by molar-refractivity contribution is 0.0705. The lowest BCUT2D eigenvalue weighted by Crippen LogP contribution is -2.22. The average Bonchev–Trinajstić information content (AvgIpc) is 2.39. The van der Waals surface area contributed by atoms with Crippen molar-refractivity contribution in [1.29, 1.82) is 0 Å². The lowest BCUT2D eigenvalue weighted by atomic mass is 10.2. The Bertz CT molecular complexity index is 351. The summed E-state index contributed by atoms with van der Waals surface area (Å²) >= 11 is 0. The van der Waals surface area contributed by atoms with E-state index in [0.29, 0.717) is 37.7 Å². The fourth-order valence-corrected chi connectivity index (χ4v) is 1.35. The summed E-state index contributed by atoms with van der Waals surface area (Å²) in [6.07, 6.45) is 0. The largest absolute Gasteiger partial charge is 0.491 e. The lowest BCUT2D eigenvalue weighted by Gasteiger charge is -2.07. The number of nitrogens with one attached hydrogen (secondary N) is 1. The van der Waals surface area contributed by atoms with E-state index in [-0.39, 0.29) is 12.5 Å². The Morgan fingerprint density at radius 2 is 1.94 bits per heavy atom. The first kappa shape index (κ1) is 14.5. The molecule has 0 unspecified atom stereocenters. The van der Waals surface area contributed by atoms with Gasteiger partial charge in [-0.15, -0.1) is 0 Å². The third-order valence-corrected chi connectivity index (χ3v) is 2.19. The second kappa shape index (κ2) is 8.49. The van der Waals surface area contributed by atoms with Crippen LogP contribution in [-0.2, 0) is 4.74 Å². The molecule has 0 saturated carbocycles. The predicted octanol–water partition coefficient (Wildman–Crippen LogP) is 0.824. The third kappa shape index (κ3) is 5.16. The van der Waals surface area contributed by atoms with Crippen LogP contribution >= 0.6 is 0 Å². The van der Waals surface area contributed by atoms with Crippen molar-refractivity contribution in [3.63, 3.8) is 0 Å². The van der Waals surface area contributed by atoms with E-state index in [0.717, 1.165) is 0 Å². The maximum atomic E-state index is 11.5. The Kier molecular flexibility index (Phi) is 6.83. The molecular formula is C13H19NO4. The molecule has 18 heavy (non-hydrogen) atoms. The molecule has 0 atom stereocenters. The molecule has 2 N–H and O–H groups in total. The number of carbonyl (C=O) groups excluding carboxylic acids is 1. The van der Waals surface area contributed by atoms with E-state index in [9.17, 15) is 4.79 Å². The van der Waals surface area contributed by atoms with Crippen molar-refractivity contribution in [2.45, 2.75) is 6.92 Å². The van der Waals surface area contributed by atoms with Crippen LogP contribution in [0.1, 0.15) is 17.3 Å². The average molecular weight is 253 g/mol. The summed E-state index contributed by atoms with van der Waals surface area (Å²) < 4.78 is 10.5. The van der Waals surface area contributed by atoms with Gasteiger partial charge in [-0.05, 0) is 31.2 Å². The van der Waals surface area contributed by atoms with E-state index >= 15 is 0 Å². The van der Waals surface area contributed by atoms with E-state index in [4.69, 9.17) is 14.6 Å². The van der Waals surface area contributed by atoms with Crippen molar-refractivity contribution in [2.24, 2.45) is 0 Å². The molecule has 0 bridgehead atoms. The maximum absolute atomic E-state index is 11.5. The first-order chi connectivity index (χ1) is 8.77. The van der Waals surface area contributed by atoms with Crippen LogP contribution in [0.5, 0.6) is 5.75 Å². The number of hydrogen-bond donors (Lipinski definition) is 2. The normalized spacial score (nSPS) is 10.1.